The van der Waals surface area contributed by atoms with Crippen molar-refractivity contribution in [2.45, 2.75) is 6.04 Å². The fraction of sp³-hybridized carbons (Fsp3) is 0.133. The van der Waals surface area contributed by atoms with Gasteiger partial charge in [-0.3, -0.25) is 10.1 Å². The highest BCUT2D eigenvalue weighted by Gasteiger charge is 2.14. The van der Waals surface area contributed by atoms with Gasteiger partial charge >= 0.3 is 0 Å². The van der Waals surface area contributed by atoms with E-state index in [1.807, 2.05) is 36.4 Å². The van der Waals surface area contributed by atoms with Crippen LogP contribution in [0.1, 0.15) is 17.4 Å². The molecule has 3 rings (SSSR count). The van der Waals surface area contributed by atoms with Crippen molar-refractivity contribution in [1.29, 1.82) is 0 Å². The van der Waals surface area contributed by atoms with E-state index in [4.69, 9.17) is 10.5 Å². The lowest BCUT2D eigenvalue weighted by Crippen LogP contribution is -2.13. The molecule has 0 fully saturated rings. The van der Waals surface area contributed by atoms with Gasteiger partial charge in [0.05, 0.1) is 13.2 Å². The van der Waals surface area contributed by atoms with Crippen molar-refractivity contribution >= 4 is 0 Å². The molecule has 0 radical (unpaired) electrons. The van der Waals surface area contributed by atoms with Gasteiger partial charge < -0.3 is 10.5 Å². The number of H-pyrrole nitrogens is 1. The fourth-order valence-corrected chi connectivity index (χ4v) is 2.01. The molecule has 0 saturated carbocycles. The standard InChI is InChI=1S/C15H15N5O/c1-21-12-6-4-10(5-7-12)13(16)15-18-14(19-20-15)11-3-2-8-17-9-11/h2-9,13H,16H2,1H3,(H,18,19,20). The van der Waals surface area contributed by atoms with E-state index < -0.39 is 0 Å². The molecule has 21 heavy (non-hydrogen) atoms. The summed E-state index contributed by atoms with van der Waals surface area (Å²) in [4.78, 5) is 8.49. The Labute approximate surface area is 122 Å². The van der Waals surface area contributed by atoms with Crippen LogP contribution in [0.25, 0.3) is 11.4 Å². The summed E-state index contributed by atoms with van der Waals surface area (Å²) in [5.41, 5.74) is 7.99. The number of nitrogens with one attached hydrogen (secondary N) is 1. The highest BCUT2D eigenvalue weighted by molar-refractivity contribution is 5.52. The maximum atomic E-state index is 6.21. The molecular formula is C15H15N5O. The summed E-state index contributed by atoms with van der Waals surface area (Å²) >= 11 is 0. The van der Waals surface area contributed by atoms with Crippen molar-refractivity contribution < 1.29 is 4.74 Å². The molecule has 3 aromatic rings. The number of ether oxygens (including phenoxy) is 1. The number of aromatic amines is 1. The molecule has 1 aromatic carbocycles. The average molecular weight is 281 g/mol. The number of methoxy groups -OCH3 is 1. The van der Waals surface area contributed by atoms with Gasteiger partial charge in [-0.15, -0.1) is 0 Å². The van der Waals surface area contributed by atoms with Crippen LogP contribution in [0.4, 0.5) is 0 Å². The minimum absolute atomic E-state index is 0.367. The normalized spacial score (nSPS) is 12.1. The van der Waals surface area contributed by atoms with E-state index in [1.165, 1.54) is 0 Å². The number of hydrogen-bond acceptors (Lipinski definition) is 5. The Balaban J connectivity index is 1.85. The fourth-order valence-electron chi connectivity index (χ4n) is 2.01. The maximum absolute atomic E-state index is 6.21. The van der Waals surface area contributed by atoms with Gasteiger partial charge in [0.1, 0.15) is 11.6 Å². The zero-order valence-corrected chi connectivity index (χ0v) is 11.5. The second-order valence-corrected chi connectivity index (χ2v) is 4.54. The second kappa shape index (κ2) is 5.72. The number of benzene rings is 1. The Hall–Kier alpha value is -2.73. The predicted octanol–water partition coefficient (Wildman–Crippen LogP) is 1.92. The summed E-state index contributed by atoms with van der Waals surface area (Å²) in [6.07, 6.45) is 3.42. The van der Waals surface area contributed by atoms with Gasteiger partial charge in [-0.1, -0.05) is 12.1 Å². The van der Waals surface area contributed by atoms with E-state index >= 15 is 0 Å². The summed E-state index contributed by atoms with van der Waals surface area (Å²) in [6.45, 7) is 0. The van der Waals surface area contributed by atoms with E-state index in [0.717, 1.165) is 16.9 Å². The van der Waals surface area contributed by atoms with E-state index in [-0.39, 0.29) is 6.04 Å². The van der Waals surface area contributed by atoms with Crippen LogP contribution in [-0.4, -0.2) is 27.3 Å². The number of aromatic nitrogens is 4. The van der Waals surface area contributed by atoms with Crippen LogP contribution in [-0.2, 0) is 0 Å². The van der Waals surface area contributed by atoms with Crippen LogP contribution in [0.5, 0.6) is 5.75 Å². The first kappa shape index (κ1) is 13.3. The van der Waals surface area contributed by atoms with E-state index in [0.29, 0.717) is 11.6 Å². The molecule has 0 saturated heterocycles. The Kier molecular flexibility index (Phi) is 3.61. The van der Waals surface area contributed by atoms with Crippen molar-refractivity contribution in [3.8, 4) is 17.1 Å². The van der Waals surface area contributed by atoms with Crippen LogP contribution in [0.2, 0.25) is 0 Å². The maximum Gasteiger partial charge on any atom is 0.182 e. The van der Waals surface area contributed by atoms with Crippen molar-refractivity contribution in [2.24, 2.45) is 5.73 Å². The Bertz CT molecular complexity index is 708. The molecule has 3 N–H and O–H groups in total. The minimum Gasteiger partial charge on any atom is -0.497 e. The number of nitrogens with zero attached hydrogens (tertiary/aromatic N) is 3. The molecule has 0 spiro atoms. The van der Waals surface area contributed by atoms with Crippen molar-refractivity contribution in [3.05, 3.63) is 60.2 Å². The monoisotopic (exact) mass is 281 g/mol. The second-order valence-electron chi connectivity index (χ2n) is 4.54. The third-order valence-corrected chi connectivity index (χ3v) is 3.19. The molecule has 2 aromatic heterocycles. The molecule has 6 heteroatoms. The molecule has 6 nitrogen and oxygen atoms in total. The first-order valence-electron chi connectivity index (χ1n) is 6.50. The third kappa shape index (κ3) is 2.75. The Morgan fingerprint density at radius 1 is 1.19 bits per heavy atom. The highest BCUT2D eigenvalue weighted by Crippen LogP contribution is 2.21. The van der Waals surface area contributed by atoms with Crippen LogP contribution in [0, 0.1) is 0 Å². The number of pyridine rings is 1. The zero-order valence-electron chi connectivity index (χ0n) is 11.5. The largest absolute Gasteiger partial charge is 0.497 e. The van der Waals surface area contributed by atoms with E-state index in [1.54, 1.807) is 19.5 Å². The van der Waals surface area contributed by atoms with Gasteiger partial charge in [0.2, 0.25) is 0 Å². The van der Waals surface area contributed by atoms with Crippen LogP contribution < -0.4 is 10.5 Å². The van der Waals surface area contributed by atoms with Gasteiger partial charge in [-0.25, -0.2) is 4.98 Å². The zero-order chi connectivity index (χ0) is 14.7. The van der Waals surface area contributed by atoms with Gasteiger partial charge in [0.25, 0.3) is 0 Å². The molecule has 0 aliphatic heterocycles. The van der Waals surface area contributed by atoms with Crippen molar-refractivity contribution in [3.63, 3.8) is 0 Å². The third-order valence-electron chi connectivity index (χ3n) is 3.19. The first-order valence-corrected chi connectivity index (χ1v) is 6.50. The quantitative estimate of drug-likeness (QED) is 0.762. The van der Waals surface area contributed by atoms with Gasteiger partial charge in [0.15, 0.2) is 5.82 Å². The summed E-state index contributed by atoms with van der Waals surface area (Å²) in [6, 6.07) is 10.9. The Morgan fingerprint density at radius 2 is 2.00 bits per heavy atom. The molecule has 2 heterocycles. The van der Waals surface area contributed by atoms with Gasteiger partial charge in [0, 0.05) is 18.0 Å². The molecule has 1 unspecified atom stereocenters. The summed E-state index contributed by atoms with van der Waals surface area (Å²) in [5.74, 6) is 1.99. The SMILES string of the molecule is COc1ccc(C(N)c2nc(-c3cccnc3)n[nH]2)cc1. The summed E-state index contributed by atoms with van der Waals surface area (Å²) < 4.78 is 5.13. The molecule has 0 amide bonds. The van der Waals surface area contributed by atoms with Crippen LogP contribution in [0.3, 0.4) is 0 Å². The predicted molar refractivity (Wildman–Crippen MR) is 78.6 cm³/mol. The minimum atomic E-state index is -0.367. The lowest BCUT2D eigenvalue weighted by molar-refractivity contribution is 0.414. The topological polar surface area (TPSA) is 89.7 Å². The molecule has 0 aliphatic rings. The van der Waals surface area contributed by atoms with Crippen LogP contribution in [0.15, 0.2) is 48.8 Å². The summed E-state index contributed by atoms with van der Waals surface area (Å²) in [7, 11) is 1.63. The Morgan fingerprint density at radius 3 is 2.67 bits per heavy atom. The molecular weight excluding hydrogens is 266 g/mol. The average Bonchev–Trinajstić information content (AvgIpc) is 3.05. The summed E-state index contributed by atoms with van der Waals surface area (Å²) in [5, 5.41) is 7.07. The first-order chi connectivity index (χ1) is 10.3. The lowest BCUT2D eigenvalue weighted by atomic mass is 10.1. The van der Waals surface area contributed by atoms with Crippen LogP contribution >= 0.6 is 0 Å². The highest BCUT2D eigenvalue weighted by atomic mass is 16.5. The smallest absolute Gasteiger partial charge is 0.182 e. The number of rotatable bonds is 4. The molecule has 106 valence electrons. The van der Waals surface area contributed by atoms with Crippen molar-refractivity contribution in [1.82, 2.24) is 20.2 Å². The number of hydrogen-bond donors (Lipinski definition) is 2. The van der Waals surface area contributed by atoms with E-state index in [9.17, 15) is 0 Å². The van der Waals surface area contributed by atoms with Gasteiger partial charge in [-0.05, 0) is 29.8 Å². The van der Waals surface area contributed by atoms with Gasteiger partial charge in [-0.2, -0.15) is 5.10 Å². The van der Waals surface area contributed by atoms with Crippen molar-refractivity contribution in [2.75, 3.05) is 7.11 Å². The lowest BCUT2D eigenvalue weighted by Gasteiger charge is -2.09. The molecule has 0 bridgehead atoms. The number of nitrogens with two attached hydrogens (primary N) is 1. The van der Waals surface area contributed by atoms with E-state index in [2.05, 4.69) is 20.2 Å². The molecule has 1 atom stereocenters. The molecule has 0 aliphatic carbocycles.